The van der Waals surface area contributed by atoms with E-state index in [9.17, 15) is 0 Å². The Morgan fingerprint density at radius 1 is 0.824 bits per heavy atom. The van der Waals surface area contributed by atoms with Crippen LogP contribution in [0.1, 0.15) is 90.9 Å². The van der Waals surface area contributed by atoms with E-state index in [1.807, 2.05) is 0 Å². The third-order valence-electron chi connectivity index (χ3n) is 4.37. The van der Waals surface area contributed by atoms with Crippen LogP contribution in [0.25, 0.3) is 0 Å². The molecular formula is C16H33N. The van der Waals surface area contributed by atoms with Crippen molar-refractivity contribution in [3.05, 3.63) is 0 Å². The Kier molecular flexibility index (Phi) is 7.92. The molecule has 1 saturated carbocycles. The summed E-state index contributed by atoms with van der Waals surface area (Å²) >= 11 is 0. The van der Waals surface area contributed by atoms with Gasteiger partial charge in [0.05, 0.1) is 0 Å². The van der Waals surface area contributed by atoms with E-state index < -0.39 is 0 Å². The van der Waals surface area contributed by atoms with Gasteiger partial charge in [0, 0.05) is 5.54 Å². The molecule has 1 nitrogen and oxygen atoms in total. The fraction of sp³-hybridized carbons (Fsp3) is 1.00. The molecule has 0 spiro atoms. The lowest BCUT2D eigenvalue weighted by molar-refractivity contribution is 0.168. The number of hydrogen-bond donors (Lipinski definition) is 1. The van der Waals surface area contributed by atoms with Crippen LogP contribution in [-0.4, -0.2) is 12.1 Å². The van der Waals surface area contributed by atoms with Gasteiger partial charge < -0.3 is 5.32 Å². The van der Waals surface area contributed by atoms with Gasteiger partial charge in [-0.25, -0.2) is 0 Å². The summed E-state index contributed by atoms with van der Waals surface area (Å²) < 4.78 is 0. The van der Waals surface area contributed by atoms with Gasteiger partial charge in [0.1, 0.15) is 0 Å². The minimum atomic E-state index is 0.566. The van der Waals surface area contributed by atoms with E-state index in [0.717, 1.165) is 6.54 Å². The lowest BCUT2D eigenvalue weighted by Crippen LogP contribution is -2.50. The van der Waals surface area contributed by atoms with Crippen LogP contribution in [0, 0.1) is 0 Å². The van der Waals surface area contributed by atoms with E-state index in [-0.39, 0.29) is 0 Å². The van der Waals surface area contributed by atoms with Crippen molar-refractivity contribution in [2.45, 2.75) is 96.4 Å². The largest absolute Gasteiger partial charge is 0.312 e. The molecule has 0 bridgehead atoms. The molecular weight excluding hydrogens is 206 g/mol. The highest BCUT2D eigenvalue weighted by Crippen LogP contribution is 2.36. The highest BCUT2D eigenvalue weighted by atomic mass is 15.0. The predicted octanol–water partition coefficient (Wildman–Crippen LogP) is 5.05. The van der Waals surface area contributed by atoms with Crippen molar-refractivity contribution in [2.75, 3.05) is 6.54 Å². The highest BCUT2D eigenvalue weighted by Gasteiger charge is 2.34. The molecule has 0 radical (unpaired) electrons. The van der Waals surface area contributed by atoms with Crippen molar-refractivity contribution < 1.29 is 0 Å². The van der Waals surface area contributed by atoms with Crippen molar-refractivity contribution in [1.29, 1.82) is 0 Å². The normalized spacial score (nSPS) is 18.0. The first-order valence-corrected chi connectivity index (χ1v) is 8.08. The minimum Gasteiger partial charge on any atom is -0.312 e. The number of rotatable bonds is 11. The summed E-state index contributed by atoms with van der Waals surface area (Å²) in [6.45, 7) is 5.68. The maximum Gasteiger partial charge on any atom is 0.0181 e. The highest BCUT2D eigenvalue weighted by molar-refractivity contribution is 4.95. The van der Waals surface area contributed by atoms with Crippen molar-refractivity contribution in [2.24, 2.45) is 0 Å². The fourth-order valence-corrected chi connectivity index (χ4v) is 3.09. The van der Waals surface area contributed by atoms with E-state index in [4.69, 9.17) is 0 Å². The Bertz CT molecular complexity index is 172. The van der Waals surface area contributed by atoms with E-state index >= 15 is 0 Å². The van der Waals surface area contributed by atoms with Gasteiger partial charge in [0.15, 0.2) is 0 Å². The van der Waals surface area contributed by atoms with E-state index in [1.165, 1.54) is 77.0 Å². The van der Waals surface area contributed by atoms with Gasteiger partial charge in [-0.3, -0.25) is 0 Å². The molecule has 1 aliphatic carbocycles. The molecule has 1 heteroatoms. The van der Waals surface area contributed by atoms with Gasteiger partial charge in [-0.2, -0.15) is 0 Å². The van der Waals surface area contributed by atoms with Crippen molar-refractivity contribution in [3.8, 4) is 0 Å². The van der Waals surface area contributed by atoms with E-state index in [0.29, 0.717) is 5.54 Å². The molecule has 0 heterocycles. The lowest BCUT2D eigenvalue weighted by Gasteiger charge is -2.43. The molecule has 102 valence electrons. The maximum atomic E-state index is 3.71. The minimum absolute atomic E-state index is 0.566. The van der Waals surface area contributed by atoms with Gasteiger partial charge in [-0.05, 0) is 32.2 Å². The van der Waals surface area contributed by atoms with Crippen LogP contribution in [0.4, 0.5) is 0 Å². The molecule has 0 atom stereocenters. The molecule has 1 rings (SSSR count). The molecule has 0 aromatic rings. The topological polar surface area (TPSA) is 12.0 Å². The zero-order valence-corrected chi connectivity index (χ0v) is 12.2. The summed E-state index contributed by atoms with van der Waals surface area (Å²) in [6.07, 6.45) is 17.3. The molecule has 17 heavy (non-hydrogen) atoms. The molecule has 0 unspecified atom stereocenters. The monoisotopic (exact) mass is 239 g/mol. The van der Waals surface area contributed by atoms with Gasteiger partial charge in [-0.15, -0.1) is 0 Å². The quantitative estimate of drug-likeness (QED) is 0.498. The predicted molar refractivity (Wildman–Crippen MR) is 77.5 cm³/mol. The Hall–Kier alpha value is -0.0400. The summed E-state index contributed by atoms with van der Waals surface area (Å²) in [4.78, 5) is 0. The molecule has 0 amide bonds. The van der Waals surface area contributed by atoms with E-state index in [2.05, 4.69) is 19.2 Å². The Labute approximate surface area is 109 Å². The van der Waals surface area contributed by atoms with Crippen molar-refractivity contribution in [1.82, 2.24) is 5.32 Å². The van der Waals surface area contributed by atoms with Crippen LogP contribution < -0.4 is 5.32 Å². The van der Waals surface area contributed by atoms with Crippen molar-refractivity contribution in [3.63, 3.8) is 0 Å². The van der Waals surface area contributed by atoms with Gasteiger partial charge >= 0.3 is 0 Å². The molecule has 0 saturated heterocycles. The second-order valence-electron chi connectivity index (χ2n) is 5.89. The summed E-state index contributed by atoms with van der Waals surface area (Å²) in [7, 11) is 0. The summed E-state index contributed by atoms with van der Waals surface area (Å²) in [5.41, 5.74) is 0.566. The number of hydrogen-bond acceptors (Lipinski definition) is 1. The SMILES string of the molecule is CCCCCCCCCCC1(NCC)CCC1. The molecule has 1 fully saturated rings. The zero-order valence-electron chi connectivity index (χ0n) is 12.2. The average Bonchev–Trinajstić information content (AvgIpc) is 2.29. The Morgan fingerprint density at radius 3 is 1.88 bits per heavy atom. The van der Waals surface area contributed by atoms with Crippen LogP contribution in [0.2, 0.25) is 0 Å². The van der Waals surface area contributed by atoms with Crippen molar-refractivity contribution >= 4 is 0 Å². The van der Waals surface area contributed by atoms with Crippen LogP contribution in [0.3, 0.4) is 0 Å². The Balaban J connectivity index is 1.89. The third-order valence-corrected chi connectivity index (χ3v) is 4.37. The van der Waals surface area contributed by atoms with Gasteiger partial charge in [-0.1, -0.05) is 65.2 Å². The Morgan fingerprint density at radius 2 is 1.41 bits per heavy atom. The third kappa shape index (κ3) is 5.90. The number of unbranched alkanes of at least 4 members (excludes halogenated alkanes) is 7. The molecule has 0 aromatic heterocycles. The van der Waals surface area contributed by atoms with Crippen LogP contribution in [-0.2, 0) is 0 Å². The molecule has 0 aromatic carbocycles. The first kappa shape index (κ1) is 15.0. The standard InChI is InChI=1S/C16H33N/c1-3-5-6-7-8-9-10-11-13-16(17-4-2)14-12-15-16/h17H,3-15H2,1-2H3. The molecule has 1 N–H and O–H groups in total. The summed E-state index contributed by atoms with van der Waals surface area (Å²) in [6, 6.07) is 0. The average molecular weight is 239 g/mol. The van der Waals surface area contributed by atoms with Gasteiger partial charge in [0.2, 0.25) is 0 Å². The molecule has 0 aliphatic heterocycles. The second-order valence-corrected chi connectivity index (χ2v) is 5.89. The zero-order chi connectivity index (χ0) is 12.4. The summed E-state index contributed by atoms with van der Waals surface area (Å²) in [5.74, 6) is 0. The molecule has 1 aliphatic rings. The van der Waals surface area contributed by atoms with Gasteiger partial charge in [0.25, 0.3) is 0 Å². The summed E-state index contributed by atoms with van der Waals surface area (Å²) in [5, 5.41) is 3.71. The first-order valence-electron chi connectivity index (χ1n) is 8.08. The first-order chi connectivity index (χ1) is 8.33. The fourth-order valence-electron chi connectivity index (χ4n) is 3.09. The van der Waals surface area contributed by atoms with E-state index in [1.54, 1.807) is 0 Å². The smallest absolute Gasteiger partial charge is 0.0181 e. The number of nitrogens with one attached hydrogen (secondary N) is 1. The maximum absolute atomic E-state index is 3.71. The van der Waals surface area contributed by atoms with Crippen LogP contribution in [0.5, 0.6) is 0 Å². The van der Waals surface area contributed by atoms with Crippen LogP contribution >= 0.6 is 0 Å². The van der Waals surface area contributed by atoms with Crippen LogP contribution in [0.15, 0.2) is 0 Å². The lowest BCUT2D eigenvalue weighted by atomic mass is 9.73. The second kappa shape index (κ2) is 8.97.